The molecule has 3 rings (SSSR count). The summed E-state index contributed by atoms with van der Waals surface area (Å²) in [6.07, 6.45) is 30.4. The Kier molecular flexibility index (Phi) is 52.4. The Labute approximate surface area is 601 Å². The molecule has 14 N–H and O–H groups in total. The van der Waals surface area contributed by atoms with Gasteiger partial charge in [-0.15, -0.1) is 0 Å². The van der Waals surface area contributed by atoms with Crippen molar-refractivity contribution in [1.29, 1.82) is 0 Å². The number of carbonyl (C=O) groups is 3. The fourth-order valence-electron chi connectivity index (χ4n) is 14.4. The molecule has 23 nitrogen and oxygen atoms in total. The molecular weight excluding hydrogens is 1290 g/mol. The van der Waals surface area contributed by atoms with Gasteiger partial charge in [-0.2, -0.15) is 0 Å². The van der Waals surface area contributed by atoms with Crippen LogP contribution in [0.5, 0.6) is 0 Å². The number of rotatable bonds is 64. The summed E-state index contributed by atoms with van der Waals surface area (Å²) >= 11 is 0. The Morgan fingerprint density at radius 3 is 1.25 bits per heavy atom. The second kappa shape index (κ2) is 57.0. The van der Waals surface area contributed by atoms with E-state index in [1.807, 2.05) is 0 Å². The molecule has 3 heterocycles. The lowest BCUT2D eigenvalue weighted by Crippen LogP contribution is -2.70. The predicted octanol–water partition coefficient (Wildman–Crippen LogP) is 10.4. The fraction of sp³-hybridized carbons (Fsp3) is 0.961. The summed E-state index contributed by atoms with van der Waals surface area (Å²) in [5.74, 6) is -6.09. The van der Waals surface area contributed by atoms with Gasteiger partial charge in [-0.1, -0.05) is 303 Å². The topological polar surface area (TPSA) is 373 Å². The van der Waals surface area contributed by atoms with E-state index in [2.05, 4.69) is 24.5 Å². The molecule has 23 heteroatoms. The first kappa shape index (κ1) is 91.9. The minimum atomic E-state index is -3.08. The van der Waals surface area contributed by atoms with Gasteiger partial charge in [0.2, 0.25) is 11.8 Å². The summed E-state index contributed by atoms with van der Waals surface area (Å²) < 4.78 is 34.8. The van der Waals surface area contributed by atoms with Crippen molar-refractivity contribution in [3.63, 3.8) is 0 Å². The summed E-state index contributed by atoms with van der Waals surface area (Å²) in [5.41, 5.74) is 0. The lowest BCUT2D eigenvalue weighted by Gasteiger charge is -2.50. The molecule has 0 saturated carbocycles. The third-order valence-corrected chi connectivity index (χ3v) is 20.8. The lowest BCUT2D eigenvalue weighted by atomic mass is 9.88. The van der Waals surface area contributed by atoms with Crippen molar-refractivity contribution in [1.82, 2.24) is 10.6 Å². The number of hydrogen-bond donors (Lipinski definition) is 14. The van der Waals surface area contributed by atoms with Crippen LogP contribution in [-0.4, -0.2) is 215 Å². The molecule has 0 spiro atoms. The van der Waals surface area contributed by atoms with Crippen LogP contribution in [0.2, 0.25) is 0 Å². The van der Waals surface area contributed by atoms with Gasteiger partial charge in [0.05, 0.1) is 50.7 Å². The highest BCUT2D eigenvalue weighted by atomic mass is 16.8. The number of amides is 2. The molecule has 18 atom stereocenters. The van der Waals surface area contributed by atoms with E-state index in [4.69, 9.17) is 28.4 Å². The lowest BCUT2D eigenvalue weighted by molar-refractivity contribution is -0.386. The maximum Gasteiger partial charge on any atom is 0.364 e. The van der Waals surface area contributed by atoms with Crippen LogP contribution < -0.4 is 10.6 Å². The number of hydrogen-bond acceptors (Lipinski definition) is 20. The third kappa shape index (κ3) is 37.3. The van der Waals surface area contributed by atoms with Gasteiger partial charge in [-0.05, 0) is 12.8 Å². The molecule has 0 aliphatic carbocycles. The molecule has 0 aromatic heterocycles. The van der Waals surface area contributed by atoms with E-state index in [0.717, 1.165) is 51.9 Å². The standard InChI is InChI=1S/C77H146N2O21/c1-4-6-8-10-12-14-15-16-17-18-19-20-21-22-23-24-25-26-27-28-29-30-31-32-33-34-35-36-37-38-39-40-41-43-45-47-49-51-64(87)79-58(59(84)50-48-46-44-42-13-11-9-7-5-2)56-95-74-69(91)68(90)71(63(55-82)97-74)98-75-70(92)73(67(89)62(54-81)96-75)100-77(76(93)94)52-60(85)65(78-57(3)83)72(99-77)66(88)61(86)53-80/h58-63,65-75,80-82,84-86,88-92H,4-56H2,1-3H3,(H,78,83)(H,79,87)(H,93,94). The zero-order chi connectivity index (χ0) is 73.2. The zero-order valence-corrected chi connectivity index (χ0v) is 62.3. The number of ether oxygens (including phenoxy) is 6. The van der Waals surface area contributed by atoms with E-state index in [-0.39, 0.29) is 18.9 Å². The number of carboxylic acid groups (broad SMARTS) is 1. The van der Waals surface area contributed by atoms with Gasteiger partial charge in [-0.25, -0.2) is 4.79 Å². The van der Waals surface area contributed by atoms with Crippen molar-refractivity contribution >= 4 is 17.8 Å². The van der Waals surface area contributed by atoms with Gasteiger partial charge in [0, 0.05) is 19.8 Å². The van der Waals surface area contributed by atoms with Crippen LogP contribution in [0.3, 0.4) is 0 Å². The van der Waals surface area contributed by atoms with E-state index in [1.165, 1.54) is 238 Å². The largest absolute Gasteiger partial charge is 0.477 e. The monoisotopic (exact) mass is 1440 g/mol. The molecule has 0 aromatic rings. The van der Waals surface area contributed by atoms with Crippen LogP contribution in [0.25, 0.3) is 0 Å². The molecule has 590 valence electrons. The zero-order valence-electron chi connectivity index (χ0n) is 62.3. The minimum Gasteiger partial charge on any atom is -0.477 e. The number of carboxylic acids is 1. The molecule has 3 fully saturated rings. The van der Waals surface area contributed by atoms with Crippen LogP contribution >= 0.6 is 0 Å². The molecule has 2 amide bonds. The van der Waals surface area contributed by atoms with Crippen molar-refractivity contribution < 1.29 is 104 Å². The van der Waals surface area contributed by atoms with Crippen molar-refractivity contribution in [3.8, 4) is 0 Å². The van der Waals surface area contributed by atoms with Crippen LogP contribution in [0.1, 0.15) is 335 Å². The molecular formula is C77H146N2O21. The molecule has 0 bridgehead atoms. The second-order valence-corrected chi connectivity index (χ2v) is 29.6. The normalized spacial score (nSPS) is 26.9. The number of unbranched alkanes of at least 4 members (excludes halogenated alkanes) is 44. The number of carbonyl (C=O) groups excluding carboxylic acids is 2. The highest BCUT2D eigenvalue weighted by Gasteiger charge is 2.60. The van der Waals surface area contributed by atoms with Crippen molar-refractivity contribution in [2.45, 2.75) is 445 Å². The van der Waals surface area contributed by atoms with Crippen LogP contribution in [0.15, 0.2) is 0 Å². The third-order valence-electron chi connectivity index (χ3n) is 20.8. The fourth-order valence-corrected chi connectivity index (χ4v) is 14.4. The summed E-state index contributed by atoms with van der Waals surface area (Å²) in [6, 6.07) is -2.52. The van der Waals surface area contributed by atoms with E-state index in [9.17, 15) is 75.7 Å². The first-order valence-corrected chi connectivity index (χ1v) is 40.4. The summed E-state index contributed by atoms with van der Waals surface area (Å²) in [4.78, 5) is 38.6. The predicted molar refractivity (Wildman–Crippen MR) is 385 cm³/mol. The number of aliphatic hydroxyl groups excluding tert-OH is 11. The molecule has 3 aliphatic heterocycles. The number of nitrogens with one attached hydrogen (secondary N) is 2. The van der Waals surface area contributed by atoms with Gasteiger partial charge < -0.3 is 100 Å². The van der Waals surface area contributed by atoms with Crippen molar-refractivity contribution in [3.05, 3.63) is 0 Å². The average Bonchev–Trinajstić information content (AvgIpc) is 0.756. The molecule has 100 heavy (non-hydrogen) atoms. The van der Waals surface area contributed by atoms with E-state index >= 15 is 0 Å². The van der Waals surface area contributed by atoms with E-state index in [1.54, 1.807) is 0 Å². The van der Waals surface area contributed by atoms with Crippen molar-refractivity contribution in [2.75, 3.05) is 26.4 Å². The summed E-state index contributed by atoms with van der Waals surface area (Å²) in [6.45, 7) is 2.20. The minimum absolute atomic E-state index is 0.229. The maximum absolute atomic E-state index is 13.5. The molecule has 3 saturated heterocycles. The van der Waals surface area contributed by atoms with Crippen molar-refractivity contribution in [2.24, 2.45) is 0 Å². The van der Waals surface area contributed by atoms with E-state index in [0.29, 0.717) is 19.3 Å². The van der Waals surface area contributed by atoms with Crippen LogP contribution in [0, 0.1) is 0 Å². The maximum atomic E-state index is 13.5. The highest BCUT2D eigenvalue weighted by molar-refractivity contribution is 5.77. The van der Waals surface area contributed by atoms with Gasteiger partial charge in [0.15, 0.2) is 12.6 Å². The molecule has 18 unspecified atom stereocenters. The Morgan fingerprint density at radius 1 is 0.480 bits per heavy atom. The second-order valence-electron chi connectivity index (χ2n) is 29.6. The Hall–Kier alpha value is -2.27. The summed E-state index contributed by atoms with van der Waals surface area (Å²) in [5, 5.41) is 136. The number of aliphatic hydroxyl groups is 11. The number of aliphatic carboxylic acids is 1. The first-order chi connectivity index (χ1) is 48.4. The quantitative estimate of drug-likeness (QED) is 0.0252. The SMILES string of the molecule is CCCCCCCCCCCCCCCCCCCCCCCCCCCCCCCCCCCCCCCC(=O)NC(COC1OC(CO)C(OC2OC(CO)C(O)C(OC3(C(=O)O)CC(O)C(NC(C)=O)C(C(O)C(O)CO)O3)C2O)C(O)C1O)C(O)CCCCCCCCCCC. The molecule has 0 aromatic carbocycles. The van der Waals surface area contributed by atoms with Gasteiger partial charge in [-0.3, -0.25) is 9.59 Å². The van der Waals surface area contributed by atoms with Crippen LogP contribution in [0.4, 0.5) is 0 Å². The van der Waals surface area contributed by atoms with Gasteiger partial charge in [0.25, 0.3) is 5.79 Å². The molecule has 0 radical (unpaired) electrons. The van der Waals surface area contributed by atoms with Crippen LogP contribution in [-0.2, 0) is 42.8 Å². The Morgan fingerprint density at radius 2 is 0.870 bits per heavy atom. The first-order valence-electron chi connectivity index (χ1n) is 40.4. The summed E-state index contributed by atoms with van der Waals surface area (Å²) in [7, 11) is 0. The average molecular weight is 1440 g/mol. The van der Waals surface area contributed by atoms with Gasteiger partial charge in [0.1, 0.15) is 67.1 Å². The highest BCUT2D eigenvalue weighted by Crippen LogP contribution is 2.39. The smallest absolute Gasteiger partial charge is 0.364 e. The van der Waals surface area contributed by atoms with E-state index < -0.39 is 148 Å². The Bertz CT molecular complexity index is 2000. The Balaban J connectivity index is 1.36. The van der Waals surface area contributed by atoms with Gasteiger partial charge >= 0.3 is 5.97 Å². The molecule has 3 aliphatic rings.